The molecule has 1 aliphatic heterocycles. The van der Waals surface area contributed by atoms with Gasteiger partial charge in [-0.1, -0.05) is 6.07 Å². The molecule has 0 spiro atoms. The molecule has 2 aromatic rings. The monoisotopic (exact) mass is 244 g/mol. The van der Waals surface area contributed by atoms with Crippen molar-refractivity contribution in [2.45, 2.75) is 20.4 Å². The number of nitrogens with zero attached hydrogens (tertiary/aromatic N) is 1. The third-order valence-corrected chi connectivity index (χ3v) is 4.08. The quantitative estimate of drug-likeness (QED) is 0.838. The average molecular weight is 244 g/mol. The van der Waals surface area contributed by atoms with E-state index in [-0.39, 0.29) is 5.91 Å². The van der Waals surface area contributed by atoms with Crippen LogP contribution in [0.25, 0.3) is 10.4 Å². The first-order valence-electron chi connectivity index (χ1n) is 5.50. The molecule has 1 aromatic heterocycles. The molecular weight excluding hydrogens is 232 g/mol. The molecule has 0 fully saturated rings. The lowest BCUT2D eigenvalue weighted by Gasteiger charge is -2.01. The third-order valence-electron chi connectivity index (χ3n) is 2.95. The Morgan fingerprint density at radius 1 is 1.35 bits per heavy atom. The lowest BCUT2D eigenvalue weighted by atomic mass is 10.0. The molecule has 0 bridgehead atoms. The van der Waals surface area contributed by atoms with Gasteiger partial charge in [-0.2, -0.15) is 0 Å². The average Bonchev–Trinajstić information content (AvgIpc) is 2.82. The highest BCUT2D eigenvalue weighted by Gasteiger charge is 2.19. The van der Waals surface area contributed by atoms with Crippen LogP contribution in [0.2, 0.25) is 0 Å². The van der Waals surface area contributed by atoms with E-state index >= 15 is 0 Å². The van der Waals surface area contributed by atoms with E-state index in [1.165, 1.54) is 4.88 Å². The van der Waals surface area contributed by atoms with Crippen molar-refractivity contribution in [2.24, 2.45) is 0 Å². The van der Waals surface area contributed by atoms with Crippen molar-refractivity contribution < 1.29 is 4.79 Å². The topological polar surface area (TPSA) is 42.0 Å². The van der Waals surface area contributed by atoms with Gasteiger partial charge in [0.2, 0.25) is 0 Å². The Hall–Kier alpha value is -1.68. The second kappa shape index (κ2) is 3.67. The van der Waals surface area contributed by atoms with E-state index in [0.29, 0.717) is 6.54 Å². The van der Waals surface area contributed by atoms with Gasteiger partial charge in [0.05, 0.1) is 15.6 Å². The van der Waals surface area contributed by atoms with Crippen LogP contribution in [0.1, 0.15) is 26.6 Å². The summed E-state index contributed by atoms with van der Waals surface area (Å²) < 4.78 is 0. The number of nitrogens with one attached hydrogen (secondary N) is 1. The van der Waals surface area contributed by atoms with Gasteiger partial charge in [-0.25, -0.2) is 4.98 Å². The molecule has 86 valence electrons. The number of thiazole rings is 1. The van der Waals surface area contributed by atoms with Gasteiger partial charge in [0.25, 0.3) is 5.91 Å². The maximum atomic E-state index is 11.5. The summed E-state index contributed by atoms with van der Waals surface area (Å²) in [6.07, 6.45) is 0. The smallest absolute Gasteiger partial charge is 0.251 e. The van der Waals surface area contributed by atoms with Crippen LogP contribution in [0, 0.1) is 13.8 Å². The Bertz CT molecular complexity index is 616. The molecule has 0 saturated carbocycles. The van der Waals surface area contributed by atoms with Gasteiger partial charge in [-0.3, -0.25) is 4.79 Å². The first-order valence-corrected chi connectivity index (χ1v) is 6.32. The molecule has 3 rings (SSSR count). The fourth-order valence-electron chi connectivity index (χ4n) is 2.17. The van der Waals surface area contributed by atoms with Crippen molar-refractivity contribution >= 4 is 17.2 Å². The second-order valence-corrected chi connectivity index (χ2v) is 5.41. The number of carbonyl (C=O) groups excluding carboxylic acids is 1. The van der Waals surface area contributed by atoms with Crippen molar-refractivity contribution in [3.8, 4) is 10.4 Å². The maximum Gasteiger partial charge on any atom is 0.251 e. The largest absolute Gasteiger partial charge is 0.348 e. The fourth-order valence-corrected chi connectivity index (χ4v) is 3.09. The molecule has 1 aromatic carbocycles. The molecule has 0 saturated heterocycles. The number of hydrogen-bond acceptors (Lipinski definition) is 3. The number of rotatable bonds is 1. The Morgan fingerprint density at radius 3 is 2.88 bits per heavy atom. The first-order chi connectivity index (χ1) is 8.15. The molecule has 1 aliphatic rings. The summed E-state index contributed by atoms with van der Waals surface area (Å²) in [5.41, 5.74) is 4.10. The van der Waals surface area contributed by atoms with Gasteiger partial charge in [0.15, 0.2) is 0 Å². The maximum absolute atomic E-state index is 11.5. The van der Waals surface area contributed by atoms with Gasteiger partial charge in [-0.05, 0) is 37.1 Å². The van der Waals surface area contributed by atoms with Crippen LogP contribution in [0.4, 0.5) is 0 Å². The van der Waals surface area contributed by atoms with Crippen molar-refractivity contribution in [2.75, 3.05) is 0 Å². The van der Waals surface area contributed by atoms with E-state index in [2.05, 4.69) is 16.4 Å². The van der Waals surface area contributed by atoms with E-state index in [1.54, 1.807) is 11.3 Å². The zero-order chi connectivity index (χ0) is 12.0. The molecule has 2 heterocycles. The third kappa shape index (κ3) is 1.65. The Kier molecular flexibility index (Phi) is 2.26. The molecule has 0 atom stereocenters. The zero-order valence-corrected chi connectivity index (χ0v) is 10.5. The van der Waals surface area contributed by atoms with E-state index in [0.717, 1.165) is 27.4 Å². The summed E-state index contributed by atoms with van der Waals surface area (Å²) in [4.78, 5) is 17.1. The number of amides is 1. The minimum atomic E-state index is 0.0313. The van der Waals surface area contributed by atoms with Crippen LogP contribution in [0.5, 0.6) is 0 Å². The van der Waals surface area contributed by atoms with Crippen molar-refractivity contribution in [3.05, 3.63) is 40.0 Å². The number of benzene rings is 1. The van der Waals surface area contributed by atoms with E-state index in [1.807, 2.05) is 26.0 Å². The molecular formula is C13H12N2OS. The minimum absolute atomic E-state index is 0.0313. The van der Waals surface area contributed by atoms with E-state index in [9.17, 15) is 4.79 Å². The van der Waals surface area contributed by atoms with Crippen LogP contribution in [0.3, 0.4) is 0 Å². The molecule has 3 nitrogen and oxygen atoms in total. The number of carbonyl (C=O) groups is 1. The van der Waals surface area contributed by atoms with Crippen LogP contribution < -0.4 is 5.32 Å². The van der Waals surface area contributed by atoms with E-state index in [4.69, 9.17) is 0 Å². The Labute approximate surface area is 104 Å². The Morgan fingerprint density at radius 2 is 2.18 bits per heavy atom. The highest BCUT2D eigenvalue weighted by molar-refractivity contribution is 7.15. The predicted molar refractivity (Wildman–Crippen MR) is 68.2 cm³/mol. The molecule has 1 amide bonds. The molecule has 4 heteroatoms. The highest BCUT2D eigenvalue weighted by Crippen LogP contribution is 2.31. The van der Waals surface area contributed by atoms with Gasteiger partial charge in [-0.15, -0.1) is 11.3 Å². The van der Waals surface area contributed by atoms with Crippen LogP contribution >= 0.6 is 11.3 Å². The summed E-state index contributed by atoms with van der Waals surface area (Å²) in [5.74, 6) is 0.0313. The Balaban J connectivity index is 2.11. The standard InChI is InChI=1S/C13H12N2OS/c1-7-12(17-8(2)15-7)9-3-4-11-10(5-9)6-14-13(11)16/h3-5H,6H2,1-2H3,(H,14,16). The van der Waals surface area contributed by atoms with Crippen LogP contribution in [-0.4, -0.2) is 10.9 Å². The second-order valence-electron chi connectivity index (χ2n) is 4.20. The van der Waals surface area contributed by atoms with E-state index < -0.39 is 0 Å². The summed E-state index contributed by atoms with van der Waals surface area (Å²) in [6, 6.07) is 6.00. The minimum Gasteiger partial charge on any atom is -0.348 e. The van der Waals surface area contributed by atoms with Crippen molar-refractivity contribution in [1.29, 1.82) is 0 Å². The van der Waals surface area contributed by atoms with Gasteiger partial charge >= 0.3 is 0 Å². The molecule has 0 radical (unpaired) electrons. The summed E-state index contributed by atoms with van der Waals surface area (Å²) in [7, 11) is 0. The van der Waals surface area contributed by atoms with Crippen LogP contribution in [0.15, 0.2) is 18.2 Å². The number of hydrogen-bond donors (Lipinski definition) is 1. The molecule has 0 unspecified atom stereocenters. The van der Waals surface area contributed by atoms with Gasteiger partial charge in [0, 0.05) is 12.1 Å². The zero-order valence-electron chi connectivity index (χ0n) is 9.70. The van der Waals surface area contributed by atoms with Gasteiger partial charge < -0.3 is 5.32 Å². The molecule has 17 heavy (non-hydrogen) atoms. The number of aryl methyl sites for hydroxylation is 2. The molecule has 1 N–H and O–H groups in total. The lowest BCUT2D eigenvalue weighted by Crippen LogP contribution is -2.12. The summed E-state index contributed by atoms with van der Waals surface area (Å²) in [6.45, 7) is 4.67. The SMILES string of the molecule is Cc1nc(C)c(-c2ccc3c(c2)CNC3=O)s1. The summed E-state index contributed by atoms with van der Waals surface area (Å²) in [5, 5.41) is 3.91. The number of aromatic nitrogens is 1. The lowest BCUT2D eigenvalue weighted by molar-refractivity contribution is 0.0966. The van der Waals surface area contributed by atoms with Crippen molar-refractivity contribution in [3.63, 3.8) is 0 Å². The van der Waals surface area contributed by atoms with Gasteiger partial charge in [0.1, 0.15) is 0 Å². The highest BCUT2D eigenvalue weighted by atomic mass is 32.1. The fraction of sp³-hybridized carbons (Fsp3) is 0.231. The van der Waals surface area contributed by atoms with Crippen LogP contribution in [-0.2, 0) is 6.54 Å². The predicted octanol–water partition coefficient (Wildman–Crippen LogP) is 2.67. The summed E-state index contributed by atoms with van der Waals surface area (Å²) >= 11 is 1.70. The normalized spacial score (nSPS) is 13.6. The molecule has 0 aliphatic carbocycles. The van der Waals surface area contributed by atoms with Crippen molar-refractivity contribution in [1.82, 2.24) is 10.3 Å². The first kappa shape index (κ1) is 10.5. The number of fused-ring (bicyclic) bond motifs is 1.